The zero-order chi connectivity index (χ0) is 18.6. The van der Waals surface area contributed by atoms with E-state index in [1.807, 2.05) is 0 Å². The second kappa shape index (κ2) is 7.79. The van der Waals surface area contributed by atoms with E-state index >= 15 is 0 Å². The third-order valence-corrected chi connectivity index (χ3v) is 4.51. The summed E-state index contributed by atoms with van der Waals surface area (Å²) in [5.74, 6) is -0.845. The summed E-state index contributed by atoms with van der Waals surface area (Å²) in [7, 11) is -2.65. The number of nitrogens with two attached hydrogens (primary N) is 1. The number of nitrogens with one attached hydrogen (secondary N) is 1. The molecule has 0 bridgehead atoms. The summed E-state index contributed by atoms with van der Waals surface area (Å²) in [6.07, 6.45) is -2.11. The molecule has 2 rings (SSSR count). The molecule has 0 saturated carbocycles. The Morgan fingerprint density at radius 1 is 1.36 bits per heavy atom. The van der Waals surface area contributed by atoms with Crippen LogP contribution in [0.15, 0.2) is 24.4 Å². The molecular formula is C14H15ClF2N4O3S. The molecule has 25 heavy (non-hydrogen) atoms. The molecule has 2 aromatic rings. The Kier molecular flexibility index (Phi) is 5.96. The number of alkyl halides is 2. The lowest BCUT2D eigenvalue weighted by atomic mass is 10.2. The maximum Gasteiger partial charge on any atom is 0.242 e. The van der Waals surface area contributed by atoms with Gasteiger partial charge < -0.3 is 10.5 Å². The van der Waals surface area contributed by atoms with Gasteiger partial charge in [-0.3, -0.25) is 4.72 Å². The van der Waals surface area contributed by atoms with Gasteiger partial charge in [-0.1, -0.05) is 17.7 Å². The Morgan fingerprint density at radius 3 is 2.68 bits per heavy atom. The highest BCUT2D eigenvalue weighted by molar-refractivity contribution is 7.91. The van der Waals surface area contributed by atoms with E-state index in [2.05, 4.69) is 14.7 Å². The van der Waals surface area contributed by atoms with Crippen LogP contribution in [-0.4, -0.2) is 31.9 Å². The number of benzene rings is 1. The third kappa shape index (κ3) is 5.40. The highest BCUT2D eigenvalue weighted by Gasteiger charge is 2.18. The van der Waals surface area contributed by atoms with Crippen LogP contribution in [0.3, 0.4) is 0 Å². The molecule has 1 aromatic heterocycles. The van der Waals surface area contributed by atoms with Crippen molar-refractivity contribution in [2.24, 2.45) is 0 Å². The van der Waals surface area contributed by atoms with Gasteiger partial charge in [0.1, 0.15) is 0 Å². The van der Waals surface area contributed by atoms with Crippen LogP contribution in [0.1, 0.15) is 11.1 Å². The highest BCUT2D eigenvalue weighted by atomic mass is 35.5. The summed E-state index contributed by atoms with van der Waals surface area (Å²) in [5.41, 5.74) is 6.38. The molecule has 3 N–H and O–H groups in total. The zero-order valence-corrected chi connectivity index (χ0v) is 14.6. The summed E-state index contributed by atoms with van der Waals surface area (Å²) in [6, 6.07) is 4.44. The van der Waals surface area contributed by atoms with Gasteiger partial charge in [0.15, 0.2) is 0 Å². The van der Waals surface area contributed by atoms with Crippen LogP contribution in [-0.2, 0) is 22.2 Å². The van der Waals surface area contributed by atoms with Crippen molar-refractivity contribution in [1.29, 1.82) is 0 Å². The van der Waals surface area contributed by atoms with Crippen molar-refractivity contribution in [3.05, 3.63) is 40.5 Å². The molecule has 0 radical (unpaired) electrons. The quantitative estimate of drug-likeness (QED) is 0.701. The molecule has 136 valence electrons. The van der Waals surface area contributed by atoms with Gasteiger partial charge in [0.2, 0.25) is 28.3 Å². The van der Waals surface area contributed by atoms with Crippen LogP contribution in [0.5, 0.6) is 5.88 Å². The first-order chi connectivity index (χ1) is 11.7. The second-order valence-corrected chi connectivity index (χ2v) is 7.19. The Hall–Kier alpha value is -2.20. The predicted octanol–water partition coefficient (Wildman–Crippen LogP) is 2.47. The van der Waals surface area contributed by atoms with Gasteiger partial charge in [0, 0.05) is 28.9 Å². The molecule has 0 fully saturated rings. The first-order valence-electron chi connectivity index (χ1n) is 6.92. The van der Waals surface area contributed by atoms with E-state index in [0.29, 0.717) is 10.6 Å². The fourth-order valence-corrected chi connectivity index (χ4v) is 3.30. The minimum absolute atomic E-state index is 0.0717. The number of hydrogen-bond acceptors (Lipinski definition) is 6. The summed E-state index contributed by atoms with van der Waals surface area (Å²) in [6.45, 7) is 0. The molecule has 0 atom stereocenters. The Balaban J connectivity index is 2.19. The largest absolute Gasteiger partial charge is 0.481 e. The summed E-state index contributed by atoms with van der Waals surface area (Å²) in [5, 5.41) is 0.384. The van der Waals surface area contributed by atoms with Crippen LogP contribution < -0.4 is 15.2 Å². The summed E-state index contributed by atoms with van der Waals surface area (Å²) < 4.78 is 56.5. The fourth-order valence-electron chi connectivity index (χ4n) is 2.00. The number of nitrogens with zero attached hydrogens (tertiary/aromatic N) is 2. The van der Waals surface area contributed by atoms with E-state index in [-0.39, 0.29) is 23.1 Å². The molecule has 0 aliphatic rings. The zero-order valence-electron chi connectivity index (χ0n) is 13.0. The van der Waals surface area contributed by atoms with Crippen LogP contribution in [0.2, 0.25) is 5.02 Å². The fraction of sp³-hybridized carbons (Fsp3) is 0.286. The molecule has 1 aromatic carbocycles. The number of ether oxygens (including phenoxy) is 1. The molecule has 0 spiro atoms. The van der Waals surface area contributed by atoms with Crippen LogP contribution in [0, 0.1) is 0 Å². The normalized spacial score (nSPS) is 11.6. The monoisotopic (exact) mass is 392 g/mol. The molecule has 11 heteroatoms. The molecule has 0 aliphatic carbocycles. The number of sulfonamides is 1. The molecule has 1 heterocycles. The smallest absolute Gasteiger partial charge is 0.242 e. The lowest BCUT2D eigenvalue weighted by Crippen LogP contribution is -2.18. The van der Waals surface area contributed by atoms with Gasteiger partial charge in [0.25, 0.3) is 0 Å². The molecule has 0 aliphatic heterocycles. The lowest BCUT2D eigenvalue weighted by molar-refractivity contribution is 0.147. The minimum atomic E-state index is -3.89. The van der Waals surface area contributed by atoms with Gasteiger partial charge in [-0.25, -0.2) is 22.2 Å². The van der Waals surface area contributed by atoms with E-state index in [1.165, 1.54) is 25.3 Å². The van der Waals surface area contributed by atoms with Gasteiger partial charge >= 0.3 is 0 Å². The van der Waals surface area contributed by atoms with Gasteiger partial charge in [-0.15, -0.1) is 0 Å². The molecule has 0 unspecified atom stereocenters. The predicted molar refractivity (Wildman–Crippen MR) is 90.4 cm³/mol. The topological polar surface area (TPSA) is 107 Å². The van der Waals surface area contributed by atoms with Crippen molar-refractivity contribution in [3.8, 4) is 5.88 Å². The van der Waals surface area contributed by atoms with E-state index in [1.54, 1.807) is 0 Å². The third-order valence-electron chi connectivity index (χ3n) is 3.09. The average molecular weight is 393 g/mol. The number of methoxy groups -OCH3 is 1. The van der Waals surface area contributed by atoms with Crippen LogP contribution in [0.4, 0.5) is 20.4 Å². The Bertz CT molecular complexity index is 865. The van der Waals surface area contributed by atoms with Crippen molar-refractivity contribution in [2.45, 2.75) is 18.6 Å². The minimum Gasteiger partial charge on any atom is -0.481 e. The van der Waals surface area contributed by atoms with Gasteiger partial charge in [-0.05, 0) is 17.7 Å². The standard InChI is InChI=1S/C14H15ClF2N4O3S/c1-24-13-9(4-12(16)17)6-19-14(20-13)21-25(22,23)7-8-2-3-10(15)5-11(8)18/h2-3,5-6,12H,4,7,18H2,1H3,(H,19,20,21). The van der Waals surface area contributed by atoms with E-state index in [4.69, 9.17) is 22.1 Å². The molecule has 0 amide bonds. The first kappa shape index (κ1) is 19.1. The SMILES string of the molecule is COc1nc(NS(=O)(=O)Cc2ccc(Cl)cc2N)ncc1CC(F)F. The van der Waals surface area contributed by atoms with Crippen molar-refractivity contribution < 1.29 is 21.9 Å². The Labute approximate surface area is 148 Å². The van der Waals surface area contributed by atoms with Gasteiger partial charge in [0.05, 0.1) is 12.9 Å². The molecule has 0 saturated heterocycles. The van der Waals surface area contributed by atoms with Crippen molar-refractivity contribution in [3.63, 3.8) is 0 Å². The van der Waals surface area contributed by atoms with Crippen molar-refractivity contribution in [1.82, 2.24) is 9.97 Å². The van der Waals surface area contributed by atoms with Crippen molar-refractivity contribution in [2.75, 3.05) is 17.6 Å². The number of halogens is 3. The number of aromatic nitrogens is 2. The number of anilines is 2. The van der Waals surface area contributed by atoms with E-state index in [0.717, 1.165) is 6.20 Å². The van der Waals surface area contributed by atoms with Crippen molar-refractivity contribution >= 4 is 33.3 Å². The Morgan fingerprint density at radius 2 is 2.08 bits per heavy atom. The molecule has 7 nitrogen and oxygen atoms in total. The van der Waals surface area contributed by atoms with E-state index in [9.17, 15) is 17.2 Å². The highest BCUT2D eigenvalue weighted by Crippen LogP contribution is 2.22. The maximum atomic E-state index is 12.5. The number of rotatable bonds is 7. The van der Waals surface area contributed by atoms with Crippen LogP contribution >= 0.6 is 11.6 Å². The second-order valence-electron chi connectivity index (χ2n) is 5.03. The summed E-state index contributed by atoms with van der Waals surface area (Å²) in [4.78, 5) is 7.53. The summed E-state index contributed by atoms with van der Waals surface area (Å²) >= 11 is 5.77. The number of nitrogen functional groups attached to an aromatic ring is 1. The number of hydrogen-bond donors (Lipinski definition) is 2. The lowest BCUT2D eigenvalue weighted by Gasteiger charge is -2.11. The first-order valence-corrected chi connectivity index (χ1v) is 8.95. The maximum absolute atomic E-state index is 12.5. The average Bonchev–Trinajstić information content (AvgIpc) is 2.50. The van der Waals surface area contributed by atoms with E-state index < -0.39 is 28.6 Å². The van der Waals surface area contributed by atoms with Gasteiger partial charge in [-0.2, -0.15) is 4.98 Å². The molecular weight excluding hydrogens is 378 g/mol. The van der Waals surface area contributed by atoms with Crippen LogP contribution in [0.25, 0.3) is 0 Å².